The molecular weight excluding hydrogens is 280 g/mol. The van der Waals surface area contributed by atoms with Crippen LogP contribution in [0.25, 0.3) is 0 Å². The first-order valence-electron chi connectivity index (χ1n) is 7.74. The van der Waals surface area contributed by atoms with Gasteiger partial charge in [-0.2, -0.15) is 0 Å². The van der Waals surface area contributed by atoms with E-state index in [0.29, 0.717) is 13.1 Å². The van der Waals surface area contributed by atoms with Gasteiger partial charge in [0.15, 0.2) is 0 Å². The molecule has 0 fully saturated rings. The second kappa shape index (κ2) is 7.11. The normalized spacial score (nSPS) is 16.1. The molecule has 2 rings (SSSR count). The summed E-state index contributed by atoms with van der Waals surface area (Å²) in [4.78, 5) is 12.6. The van der Waals surface area contributed by atoms with Crippen molar-refractivity contribution in [3.05, 3.63) is 29.3 Å². The van der Waals surface area contributed by atoms with E-state index in [1.807, 2.05) is 18.2 Å². The highest BCUT2D eigenvalue weighted by molar-refractivity contribution is 5.49. The third-order valence-corrected chi connectivity index (χ3v) is 3.68. The van der Waals surface area contributed by atoms with Gasteiger partial charge in [0.05, 0.1) is 0 Å². The van der Waals surface area contributed by atoms with Crippen LogP contribution in [0.15, 0.2) is 18.2 Å². The molecule has 0 spiro atoms. The predicted molar refractivity (Wildman–Crippen MR) is 85.9 cm³/mol. The zero-order chi connectivity index (χ0) is 16.2. The molecule has 1 atom stereocenters. The molecule has 5 nitrogen and oxygen atoms in total. The lowest BCUT2D eigenvalue weighted by Gasteiger charge is -2.26. The van der Waals surface area contributed by atoms with Crippen LogP contribution in [0.4, 0.5) is 0 Å². The standard InChI is InChI=1S/C17H26N2O3/c1-17(2,3)18-9-15(21)11-22-16-5-4-14-10-19(12-20)7-6-13(14)8-16/h4-5,8,12,15,18,21H,6-7,9-11H2,1-3H3. The monoisotopic (exact) mass is 306 g/mol. The van der Waals surface area contributed by atoms with Gasteiger partial charge >= 0.3 is 0 Å². The Kier molecular flexibility index (Phi) is 5.42. The van der Waals surface area contributed by atoms with Crippen LogP contribution in [-0.2, 0) is 17.8 Å². The second-order valence-electron chi connectivity index (χ2n) is 6.85. The van der Waals surface area contributed by atoms with Crippen molar-refractivity contribution in [1.82, 2.24) is 10.2 Å². The number of hydrogen-bond acceptors (Lipinski definition) is 4. The molecule has 122 valence electrons. The smallest absolute Gasteiger partial charge is 0.210 e. The van der Waals surface area contributed by atoms with Gasteiger partial charge in [0.25, 0.3) is 0 Å². The lowest BCUT2D eigenvalue weighted by molar-refractivity contribution is -0.118. The van der Waals surface area contributed by atoms with Crippen LogP contribution in [-0.4, -0.2) is 47.8 Å². The number of benzene rings is 1. The number of aliphatic hydroxyl groups is 1. The largest absolute Gasteiger partial charge is 0.491 e. The van der Waals surface area contributed by atoms with Gasteiger partial charge in [0.1, 0.15) is 18.5 Å². The van der Waals surface area contributed by atoms with Gasteiger partial charge < -0.3 is 20.1 Å². The molecule has 1 aliphatic rings. The van der Waals surface area contributed by atoms with Gasteiger partial charge in [0.2, 0.25) is 6.41 Å². The Morgan fingerprint density at radius 2 is 2.18 bits per heavy atom. The van der Waals surface area contributed by atoms with Gasteiger partial charge in [0, 0.05) is 25.2 Å². The van der Waals surface area contributed by atoms with E-state index in [9.17, 15) is 9.90 Å². The molecule has 0 bridgehead atoms. The summed E-state index contributed by atoms with van der Waals surface area (Å²) in [5, 5.41) is 13.2. The van der Waals surface area contributed by atoms with E-state index in [-0.39, 0.29) is 12.1 Å². The van der Waals surface area contributed by atoms with Crippen LogP contribution in [0.5, 0.6) is 5.75 Å². The van der Waals surface area contributed by atoms with Crippen LogP contribution >= 0.6 is 0 Å². The van der Waals surface area contributed by atoms with E-state index in [1.54, 1.807) is 4.90 Å². The van der Waals surface area contributed by atoms with Gasteiger partial charge in [-0.25, -0.2) is 0 Å². The van der Waals surface area contributed by atoms with Gasteiger partial charge in [-0.1, -0.05) is 6.07 Å². The van der Waals surface area contributed by atoms with E-state index in [0.717, 1.165) is 25.1 Å². The minimum atomic E-state index is -0.541. The highest BCUT2D eigenvalue weighted by atomic mass is 16.5. The Morgan fingerprint density at radius 1 is 1.41 bits per heavy atom. The molecule has 1 unspecified atom stereocenters. The van der Waals surface area contributed by atoms with Crippen molar-refractivity contribution in [3.8, 4) is 5.75 Å². The van der Waals surface area contributed by atoms with Crippen molar-refractivity contribution in [2.75, 3.05) is 19.7 Å². The Hall–Kier alpha value is -1.59. The fourth-order valence-electron chi connectivity index (χ4n) is 2.41. The quantitative estimate of drug-likeness (QED) is 0.778. The Balaban J connectivity index is 1.85. The molecule has 0 aromatic heterocycles. The maximum absolute atomic E-state index is 10.8. The summed E-state index contributed by atoms with van der Waals surface area (Å²) < 4.78 is 5.68. The second-order valence-corrected chi connectivity index (χ2v) is 6.85. The topological polar surface area (TPSA) is 61.8 Å². The Bertz CT molecular complexity index is 511. The molecule has 2 N–H and O–H groups in total. The average molecular weight is 306 g/mol. The third-order valence-electron chi connectivity index (χ3n) is 3.68. The highest BCUT2D eigenvalue weighted by Gasteiger charge is 2.16. The highest BCUT2D eigenvalue weighted by Crippen LogP contribution is 2.23. The van der Waals surface area contributed by atoms with E-state index in [4.69, 9.17) is 4.74 Å². The Labute approximate surface area is 132 Å². The van der Waals surface area contributed by atoms with Crippen molar-refractivity contribution < 1.29 is 14.6 Å². The van der Waals surface area contributed by atoms with E-state index in [2.05, 4.69) is 26.1 Å². The summed E-state index contributed by atoms with van der Waals surface area (Å²) in [6, 6.07) is 5.92. The zero-order valence-electron chi connectivity index (χ0n) is 13.6. The number of nitrogens with zero attached hydrogens (tertiary/aromatic N) is 1. The molecule has 1 heterocycles. The van der Waals surface area contributed by atoms with Crippen LogP contribution in [0.2, 0.25) is 0 Å². The molecule has 1 aliphatic heterocycles. The first-order chi connectivity index (χ1) is 10.4. The third kappa shape index (κ3) is 5.00. The Morgan fingerprint density at radius 3 is 2.86 bits per heavy atom. The number of nitrogens with one attached hydrogen (secondary N) is 1. The number of carbonyl (C=O) groups excluding carboxylic acids is 1. The minimum Gasteiger partial charge on any atom is -0.491 e. The van der Waals surface area contributed by atoms with Crippen LogP contribution in [0, 0.1) is 0 Å². The molecule has 0 radical (unpaired) electrons. The number of amides is 1. The van der Waals surface area contributed by atoms with Crippen molar-refractivity contribution in [2.24, 2.45) is 0 Å². The summed E-state index contributed by atoms with van der Waals surface area (Å²) in [7, 11) is 0. The van der Waals surface area contributed by atoms with Crippen LogP contribution in [0.1, 0.15) is 31.9 Å². The zero-order valence-corrected chi connectivity index (χ0v) is 13.6. The van der Waals surface area contributed by atoms with Gasteiger partial charge in [-0.15, -0.1) is 0 Å². The number of aliphatic hydroxyl groups excluding tert-OH is 1. The number of carbonyl (C=O) groups is 1. The summed E-state index contributed by atoms with van der Waals surface area (Å²) in [5.41, 5.74) is 2.37. The fourth-order valence-corrected chi connectivity index (χ4v) is 2.41. The SMILES string of the molecule is CC(C)(C)NCC(O)COc1ccc2c(c1)CCN(C=O)C2. The summed E-state index contributed by atoms with van der Waals surface area (Å²) in [6.45, 7) is 8.37. The lowest BCUT2D eigenvalue weighted by atomic mass is 10.00. The average Bonchev–Trinajstić information content (AvgIpc) is 2.49. The lowest BCUT2D eigenvalue weighted by Crippen LogP contribution is -2.42. The molecule has 22 heavy (non-hydrogen) atoms. The fraction of sp³-hybridized carbons (Fsp3) is 0.588. The molecule has 0 saturated carbocycles. The van der Waals surface area contributed by atoms with E-state index in [1.165, 1.54) is 11.1 Å². The predicted octanol–water partition coefficient (Wildman–Crippen LogP) is 1.33. The first kappa shape index (κ1) is 16.8. The van der Waals surface area contributed by atoms with Crippen molar-refractivity contribution in [2.45, 2.75) is 45.4 Å². The van der Waals surface area contributed by atoms with E-state index < -0.39 is 6.10 Å². The summed E-state index contributed by atoms with van der Waals surface area (Å²) in [6.07, 6.45) is 1.20. The summed E-state index contributed by atoms with van der Waals surface area (Å²) in [5.74, 6) is 0.771. The van der Waals surface area contributed by atoms with Crippen LogP contribution in [0.3, 0.4) is 0 Å². The number of fused-ring (bicyclic) bond motifs is 1. The van der Waals surface area contributed by atoms with Crippen molar-refractivity contribution >= 4 is 6.41 Å². The van der Waals surface area contributed by atoms with Crippen molar-refractivity contribution in [3.63, 3.8) is 0 Å². The molecular formula is C17H26N2O3. The molecule has 1 aromatic carbocycles. The van der Waals surface area contributed by atoms with Crippen LogP contribution < -0.4 is 10.1 Å². The maximum Gasteiger partial charge on any atom is 0.210 e. The molecule has 1 amide bonds. The van der Waals surface area contributed by atoms with Gasteiger partial charge in [-0.05, 0) is 50.5 Å². The molecule has 5 heteroatoms. The number of ether oxygens (including phenoxy) is 1. The molecule has 0 aliphatic carbocycles. The number of hydrogen-bond donors (Lipinski definition) is 2. The maximum atomic E-state index is 10.8. The minimum absolute atomic E-state index is 0.0166. The van der Waals surface area contributed by atoms with E-state index >= 15 is 0 Å². The summed E-state index contributed by atoms with van der Waals surface area (Å²) >= 11 is 0. The van der Waals surface area contributed by atoms with Crippen molar-refractivity contribution in [1.29, 1.82) is 0 Å². The number of β-amino-alcohol motifs (C(OH)–C–C–N with tert-alkyl or cyclic N) is 1. The number of rotatable bonds is 6. The molecule has 0 saturated heterocycles. The molecule has 1 aromatic rings. The van der Waals surface area contributed by atoms with Gasteiger partial charge in [-0.3, -0.25) is 4.79 Å². The first-order valence-corrected chi connectivity index (χ1v) is 7.74.